The smallest absolute Gasteiger partial charge is 0.171 e. The van der Waals surface area contributed by atoms with E-state index in [-0.39, 0.29) is 10.9 Å². The van der Waals surface area contributed by atoms with Crippen LogP contribution in [0.3, 0.4) is 0 Å². The van der Waals surface area contributed by atoms with Crippen LogP contribution >= 0.6 is 23.8 Å². The Morgan fingerprint density at radius 2 is 1.87 bits per heavy atom. The second-order valence-corrected chi connectivity index (χ2v) is 5.81. The Balaban J connectivity index is 1.98. The van der Waals surface area contributed by atoms with Crippen molar-refractivity contribution in [3.63, 3.8) is 0 Å². The fourth-order valence-electron chi connectivity index (χ4n) is 2.33. The van der Waals surface area contributed by atoms with Gasteiger partial charge in [-0.25, -0.2) is 9.37 Å². The number of fused-ring (bicyclic) bond motifs is 1. The maximum atomic E-state index is 13.1. The van der Waals surface area contributed by atoms with E-state index in [2.05, 4.69) is 4.98 Å². The first kappa shape index (κ1) is 15.6. The van der Waals surface area contributed by atoms with E-state index in [9.17, 15) is 4.39 Å². The Morgan fingerprint density at radius 1 is 1.17 bits per heavy atom. The van der Waals surface area contributed by atoms with Crippen LogP contribution < -0.4 is 10.6 Å². The number of nitrogens with two attached hydrogens (primary N) is 1. The molecule has 6 heteroatoms. The minimum atomic E-state index is -0.318. The molecule has 3 aromatic rings. The molecule has 0 bridgehead atoms. The lowest BCUT2D eigenvalue weighted by Crippen LogP contribution is -2.35. The molecule has 23 heavy (non-hydrogen) atoms. The number of aromatic nitrogens is 1. The molecule has 2 aromatic carbocycles. The van der Waals surface area contributed by atoms with E-state index >= 15 is 0 Å². The van der Waals surface area contributed by atoms with Gasteiger partial charge in [0.2, 0.25) is 0 Å². The van der Waals surface area contributed by atoms with Crippen molar-refractivity contribution in [3.05, 3.63) is 71.1 Å². The van der Waals surface area contributed by atoms with Gasteiger partial charge < -0.3 is 10.6 Å². The van der Waals surface area contributed by atoms with Crippen LogP contribution in [0.25, 0.3) is 10.9 Å². The van der Waals surface area contributed by atoms with Crippen LogP contribution in [0.4, 0.5) is 10.1 Å². The number of para-hydroxylation sites is 1. The molecule has 0 saturated carbocycles. The molecule has 0 aliphatic rings. The SMILES string of the molecule is NC(=S)N(Cc1cc2ccccc2nc1Cl)c1ccc(F)cc1. The molecule has 3 nitrogen and oxygen atoms in total. The van der Waals surface area contributed by atoms with Crippen molar-refractivity contribution >= 4 is 45.5 Å². The van der Waals surface area contributed by atoms with E-state index in [0.717, 1.165) is 16.5 Å². The highest BCUT2D eigenvalue weighted by Crippen LogP contribution is 2.24. The zero-order chi connectivity index (χ0) is 16.4. The van der Waals surface area contributed by atoms with Crippen molar-refractivity contribution in [2.75, 3.05) is 4.90 Å². The molecule has 0 radical (unpaired) electrons. The molecule has 1 aromatic heterocycles. The topological polar surface area (TPSA) is 42.1 Å². The lowest BCUT2D eigenvalue weighted by atomic mass is 10.1. The summed E-state index contributed by atoms with van der Waals surface area (Å²) in [6.45, 7) is 0.359. The first-order valence-electron chi connectivity index (χ1n) is 6.91. The Labute approximate surface area is 143 Å². The number of pyridine rings is 1. The summed E-state index contributed by atoms with van der Waals surface area (Å²) < 4.78 is 13.1. The molecule has 2 N–H and O–H groups in total. The van der Waals surface area contributed by atoms with E-state index in [4.69, 9.17) is 29.6 Å². The number of thiocarbonyl (C=S) groups is 1. The monoisotopic (exact) mass is 345 g/mol. The van der Waals surface area contributed by atoms with E-state index < -0.39 is 0 Å². The van der Waals surface area contributed by atoms with Crippen molar-refractivity contribution in [3.8, 4) is 0 Å². The lowest BCUT2D eigenvalue weighted by Gasteiger charge is -2.23. The summed E-state index contributed by atoms with van der Waals surface area (Å²) in [4.78, 5) is 6.08. The van der Waals surface area contributed by atoms with Gasteiger partial charge in [0.1, 0.15) is 11.0 Å². The van der Waals surface area contributed by atoms with Gasteiger partial charge in [-0.15, -0.1) is 0 Å². The van der Waals surface area contributed by atoms with Crippen molar-refractivity contribution in [2.24, 2.45) is 5.73 Å². The molecule has 0 unspecified atom stereocenters. The van der Waals surface area contributed by atoms with E-state index in [1.807, 2.05) is 30.3 Å². The summed E-state index contributed by atoms with van der Waals surface area (Å²) in [6.07, 6.45) is 0. The van der Waals surface area contributed by atoms with Crippen LogP contribution in [-0.4, -0.2) is 10.1 Å². The highest BCUT2D eigenvalue weighted by Gasteiger charge is 2.14. The van der Waals surface area contributed by atoms with Crippen LogP contribution in [0, 0.1) is 5.82 Å². The fraction of sp³-hybridized carbons (Fsp3) is 0.0588. The Hall–Kier alpha value is -2.24. The first-order chi connectivity index (χ1) is 11.0. The second kappa shape index (κ2) is 6.48. The molecular formula is C17H13ClFN3S. The number of benzene rings is 2. The number of nitrogens with zero attached hydrogens (tertiary/aromatic N) is 2. The standard InChI is InChI=1S/C17H13ClFN3S/c18-16-12(9-11-3-1-2-4-15(11)21-16)10-22(17(20)23)14-7-5-13(19)6-8-14/h1-9H,10H2,(H2,20,23). The Bertz CT molecular complexity index is 867. The van der Waals surface area contributed by atoms with Crippen LogP contribution in [0.15, 0.2) is 54.6 Å². The summed E-state index contributed by atoms with van der Waals surface area (Å²) in [5.41, 5.74) is 8.13. The third kappa shape index (κ3) is 3.41. The molecule has 3 rings (SSSR count). The summed E-state index contributed by atoms with van der Waals surface area (Å²) in [5.74, 6) is -0.318. The summed E-state index contributed by atoms with van der Waals surface area (Å²) in [7, 11) is 0. The minimum Gasteiger partial charge on any atom is -0.376 e. The average molecular weight is 346 g/mol. The fourth-order valence-corrected chi connectivity index (χ4v) is 2.71. The van der Waals surface area contributed by atoms with Gasteiger partial charge in [-0.05, 0) is 48.6 Å². The Morgan fingerprint density at radius 3 is 2.57 bits per heavy atom. The third-order valence-corrected chi connectivity index (χ3v) is 4.03. The number of hydrogen-bond acceptors (Lipinski definition) is 2. The maximum absolute atomic E-state index is 13.1. The molecule has 0 atom stereocenters. The molecule has 0 aliphatic heterocycles. The summed E-state index contributed by atoms with van der Waals surface area (Å²) in [6, 6.07) is 15.6. The van der Waals surface area contributed by atoms with Gasteiger partial charge in [-0.3, -0.25) is 0 Å². The van der Waals surface area contributed by atoms with Gasteiger partial charge in [0.25, 0.3) is 0 Å². The molecule has 1 heterocycles. The first-order valence-corrected chi connectivity index (χ1v) is 7.70. The van der Waals surface area contributed by atoms with Gasteiger partial charge in [0, 0.05) is 16.6 Å². The largest absolute Gasteiger partial charge is 0.376 e. The second-order valence-electron chi connectivity index (χ2n) is 5.03. The van der Waals surface area contributed by atoms with Crippen molar-refractivity contribution in [1.29, 1.82) is 0 Å². The minimum absolute atomic E-state index is 0.181. The van der Waals surface area contributed by atoms with Crippen LogP contribution in [0.1, 0.15) is 5.56 Å². The molecule has 0 saturated heterocycles. The highest BCUT2D eigenvalue weighted by molar-refractivity contribution is 7.80. The van der Waals surface area contributed by atoms with E-state index in [1.54, 1.807) is 17.0 Å². The molecular weight excluding hydrogens is 333 g/mol. The van der Waals surface area contributed by atoms with Gasteiger partial charge in [0.05, 0.1) is 12.1 Å². The maximum Gasteiger partial charge on any atom is 0.171 e. The van der Waals surface area contributed by atoms with Crippen LogP contribution in [-0.2, 0) is 6.54 Å². The average Bonchev–Trinajstić information content (AvgIpc) is 2.53. The molecule has 116 valence electrons. The molecule has 0 amide bonds. The van der Waals surface area contributed by atoms with Gasteiger partial charge in [-0.1, -0.05) is 29.8 Å². The van der Waals surface area contributed by atoms with Crippen molar-refractivity contribution < 1.29 is 4.39 Å². The third-order valence-electron chi connectivity index (χ3n) is 3.48. The quantitative estimate of drug-likeness (QED) is 0.568. The number of rotatable bonds is 3. The zero-order valence-electron chi connectivity index (χ0n) is 12.0. The van der Waals surface area contributed by atoms with Crippen LogP contribution in [0.2, 0.25) is 5.15 Å². The Kier molecular flexibility index (Phi) is 4.41. The van der Waals surface area contributed by atoms with E-state index in [0.29, 0.717) is 17.4 Å². The van der Waals surface area contributed by atoms with Crippen molar-refractivity contribution in [1.82, 2.24) is 4.98 Å². The van der Waals surface area contributed by atoms with E-state index in [1.165, 1.54) is 12.1 Å². The normalized spacial score (nSPS) is 10.7. The zero-order valence-corrected chi connectivity index (χ0v) is 13.6. The van der Waals surface area contributed by atoms with Crippen molar-refractivity contribution in [2.45, 2.75) is 6.54 Å². The summed E-state index contributed by atoms with van der Waals surface area (Å²) in [5, 5.41) is 1.56. The number of halogens is 2. The van der Waals surface area contributed by atoms with Crippen LogP contribution in [0.5, 0.6) is 0 Å². The van der Waals surface area contributed by atoms with Gasteiger partial charge >= 0.3 is 0 Å². The highest BCUT2D eigenvalue weighted by atomic mass is 35.5. The summed E-state index contributed by atoms with van der Waals surface area (Å²) >= 11 is 11.4. The van der Waals surface area contributed by atoms with Gasteiger partial charge in [0.15, 0.2) is 5.11 Å². The lowest BCUT2D eigenvalue weighted by molar-refractivity contribution is 0.628. The number of hydrogen-bond donors (Lipinski definition) is 1. The predicted molar refractivity (Wildman–Crippen MR) is 96.1 cm³/mol. The van der Waals surface area contributed by atoms with Gasteiger partial charge in [-0.2, -0.15) is 0 Å². The molecule has 0 spiro atoms. The molecule has 0 fully saturated rings. The predicted octanol–water partition coefficient (Wildman–Crippen LogP) is 4.28. The number of anilines is 1. The molecule has 0 aliphatic carbocycles.